The van der Waals surface area contributed by atoms with Crippen molar-refractivity contribution >= 4 is 5.91 Å². The van der Waals surface area contributed by atoms with Crippen molar-refractivity contribution in [2.75, 3.05) is 6.54 Å². The van der Waals surface area contributed by atoms with Crippen LogP contribution in [0.4, 0.5) is 0 Å². The molecule has 28 heavy (non-hydrogen) atoms. The van der Waals surface area contributed by atoms with Gasteiger partial charge in [-0.25, -0.2) is 0 Å². The van der Waals surface area contributed by atoms with E-state index >= 15 is 0 Å². The van der Waals surface area contributed by atoms with E-state index in [4.69, 9.17) is 0 Å². The zero-order valence-corrected chi connectivity index (χ0v) is 18.3. The molecule has 1 saturated heterocycles. The molecule has 0 radical (unpaired) electrons. The van der Waals surface area contributed by atoms with Gasteiger partial charge >= 0.3 is 0 Å². The number of piperidine rings is 1. The largest absolute Gasteiger partial charge is 0.353 e. The Balaban J connectivity index is 0.000000320. The van der Waals surface area contributed by atoms with Crippen LogP contribution in [-0.4, -0.2) is 24.5 Å². The van der Waals surface area contributed by atoms with Crippen molar-refractivity contribution in [1.29, 1.82) is 0 Å². The Hall–Kier alpha value is -1.35. The fourth-order valence-corrected chi connectivity index (χ4v) is 6.49. The van der Waals surface area contributed by atoms with E-state index < -0.39 is 0 Å². The quantitative estimate of drug-likeness (QED) is 0.738. The molecule has 156 valence electrons. The maximum absolute atomic E-state index is 13.0. The molecule has 1 aromatic rings. The monoisotopic (exact) mass is 384 g/mol. The number of fused-ring (bicyclic) bond motifs is 2. The van der Waals surface area contributed by atoms with Crippen LogP contribution in [0.25, 0.3) is 0 Å². The molecule has 3 aliphatic rings. The van der Waals surface area contributed by atoms with Gasteiger partial charge in [-0.1, -0.05) is 57.2 Å². The van der Waals surface area contributed by atoms with Crippen LogP contribution in [0.3, 0.4) is 0 Å². The van der Waals surface area contributed by atoms with Gasteiger partial charge < -0.3 is 10.6 Å². The number of amides is 1. The van der Waals surface area contributed by atoms with Crippen molar-refractivity contribution in [2.45, 2.75) is 84.7 Å². The van der Waals surface area contributed by atoms with Crippen LogP contribution in [0.2, 0.25) is 0 Å². The zero-order valence-electron chi connectivity index (χ0n) is 18.3. The summed E-state index contributed by atoms with van der Waals surface area (Å²) >= 11 is 0. The van der Waals surface area contributed by atoms with Crippen LogP contribution in [-0.2, 0) is 4.79 Å². The maximum atomic E-state index is 13.0. The molecule has 2 N–H and O–H groups in total. The predicted molar refractivity (Wildman–Crippen MR) is 117 cm³/mol. The molecule has 1 aromatic carbocycles. The van der Waals surface area contributed by atoms with Gasteiger partial charge in [0.2, 0.25) is 5.91 Å². The van der Waals surface area contributed by atoms with Crippen molar-refractivity contribution in [2.24, 2.45) is 22.7 Å². The second kappa shape index (κ2) is 8.98. The Morgan fingerprint density at radius 1 is 0.964 bits per heavy atom. The topological polar surface area (TPSA) is 41.1 Å². The van der Waals surface area contributed by atoms with Crippen LogP contribution < -0.4 is 10.6 Å². The highest BCUT2D eigenvalue weighted by atomic mass is 16.2. The Morgan fingerprint density at radius 3 is 2.18 bits per heavy atom. The molecule has 1 aliphatic heterocycles. The van der Waals surface area contributed by atoms with Gasteiger partial charge in [-0.05, 0) is 75.7 Å². The molecule has 2 aliphatic carbocycles. The maximum Gasteiger partial charge on any atom is 0.226 e. The summed E-state index contributed by atoms with van der Waals surface area (Å²) in [7, 11) is 0. The van der Waals surface area contributed by atoms with Crippen molar-refractivity contribution in [3.05, 3.63) is 36.4 Å². The molecule has 3 fully saturated rings. The molecular formula is C25H40N2O. The van der Waals surface area contributed by atoms with Crippen molar-refractivity contribution in [3.63, 3.8) is 0 Å². The Labute approximate surface area is 172 Å². The lowest BCUT2D eigenvalue weighted by molar-refractivity contribution is -0.139. The highest BCUT2D eigenvalue weighted by Gasteiger charge is 2.50. The normalized spacial score (nSPS) is 40.0. The fraction of sp³-hybridized carbons (Fsp3) is 0.720. The Morgan fingerprint density at radius 2 is 1.61 bits per heavy atom. The third-order valence-corrected chi connectivity index (χ3v) is 7.09. The Bertz CT molecular complexity index is 602. The molecular weight excluding hydrogens is 344 g/mol. The van der Waals surface area contributed by atoms with E-state index in [1.54, 1.807) is 0 Å². The van der Waals surface area contributed by atoms with Gasteiger partial charge in [0.1, 0.15) is 0 Å². The molecule has 3 heteroatoms. The number of carbonyl (C=O) groups is 1. The van der Waals surface area contributed by atoms with Crippen molar-refractivity contribution < 1.29 is 4.79 Å². The SMILES string of the molecule is CC1CC2CC(C)(C1)CC(C)(C(=O)NC1CCNC(C)C1)C2.c1ccccc1. The third kappa shape index (κ3) is 5.59. The number of hydrogen-bond acceptors (Lipinski definition) is 2. The first kappa shape index (κ1) is 21.4. The lowest BCUT2D eigenvalue weighted by atomic mass is 9.53. The van der Waals surface area contributed by atoms with Gasteiger partial charge in [0.05, 0.1) is 0 Å². The van der Waals surface area contributed by atoms with Crippen molar-refractivity contribution in [1.82, 2.24) is 10.6 Å². The lowest BCUT2D eigenvalue weighted by Crippen LogP contribution is -2.54. The van der Waals surface area contributed by atoms with Crippen LogP contribution in [0.15, 0.2) is 36.4 Å². The van der Waals surface area contributed by atoms with Crippen LogP contribution in [0.5, 0.6) is 0 Å². The van der Waals surface area contributed by atoms with E-state index in [-0.39, 0.29) is 5.41 Å². The van der Waals surface area contributed by atoms with Crippen LogP contribution in [0.1, 0.15) is 72.6 Å². The average Bonchev–Trinajstić information content (AvgIpc) is 2.61. The Kier molecular flexibility index (Phi) is 6.85. The number of hydrogen-bond donors (Lipinski definition) is 2. The smallest absolute Gasteiger partial charge is 0.226 e. The van der Waals surface area contributed by atoms with Gasteiger partial charge in [0.25, 0.3) is 0 Å². The number of carbonyl (C=O) groups excluding carboxylic acids is 1. The number of nitrogens with one attached hydrogen (secondary N) is 2. The molecule has 6 unspecified atom stereocenters. The van der Waals surface area contributed by atoms with Crippen molar-refractivity contribution in [3.8, 4) is 0 Å². The van der Waals surface area contributed by atoms with E-state index in [1.807, 2.05) is 36.4 Å². The van der Waals surface area contributed by atoms with E-state index in [9.17, 15) is 4.79 Å². The highest BCUT2D eigenvalue weighted by Crippen LogP contribution is 2.56. The van der Waals surface area contributed by atoms with Crippen LogP contribution in [0, 0.1) is 22.7 Å². The standard InChI is InChI=1S/C19H34N2O.C6H6/c1-13-7-15-10-18(3,9-13)12-19(4,11-15)17(22)21-16-5-6-20-14(2)8-16;1-2-4-6-5-3-1/h13-16,20H,5-12H2,1-4H3,(H,21,22);1-6H. The minimum Gasteiger partial charge on any atom is -0.353 e. The summed E-state index contributed by atoms with van der Waals surface area (Å²) in [5.74, 6) is 1.92. The van der Waals surface area contributed by atoms with Gasteiger partial charge in [0, 0.05) is 17.5 Å². The number of rotatable bonds is 2. The fourth-order valence-electron chi connectivity index (χ4n) is 6.49. The van der Waals surface area contributed by atoms with E-state index in [0.717, 1.165) is 44.1 Å². The molecule has 6 atom stereocenters. The summed E-state index contributed by atoms with van der Waals surface area (Å²) in [6.45, 7) is 10.3. The summed E-state index contributed by atoms with van der Waals surface area (Å²) in [4.78, 5) is 13.0. The van der Waals surface area contributed by atoms with Gasteiger partial charge in [-0.2, -0.15) is 0 Å². The molecule has 3 nitrogen and oxygen atoms in total. The van der Waals surface area contributed by atoms with E-state index in [1.165, 1.54) is 19.3 Å². The molecule has 1 amide bonds. The molecule has 2 saturated carbocycles. The van der Waals surface area contributed by atoms with Gasteiger partial charge in [0.15, 0.2) is 0 Å². The van der Waals surface area contributed by atoms with Crippen LogP contribution >= 0.6 is 0 Å². The summed E-state index contributed by atoms with van der Waals surface area (Å²) in [6, 6.07) is 12.9. The van der Waals surface area contributed by atoms with Gasteiger partial charge in [-0.15, -0.1) is 0 Å². The lowest BCUT2D eigenvalue weighted by Gasteiger charge is -2.52. The second-order valence-electron chi connectivity index (χ2n) is 10.6. The minimum absolute atomic E-state index is 0.147. The summed E-state index contributed by atoms with van der Waals surface area (Å²) in [5.41, 5.74) is 0.236. The molecule has 2 bridgehead atoms. The summed E-state index contributed by atoms with van der Waals surface area (Å²) < 4.78 is 0. The molecule has 0 aromatic heterocycles. The van der Waals surface area contributed by atoms with E-state index in [2.05, 4.69) is 38.3 Å². The molecule has 0 spiro atoms. The first-order valence-corrected chi connectivity index (χ1v) is 11.3. The van der Waals surface area contributed by atoms with Gasteiger partial charge in [-0.3, -0.25) is 4.79 Å². The molecule has 4 rings (SSSR count). The zero-order chi connectivity index (χ0) is 20.2. The first-order valence-electron chi connectivity index (χ1n) is 11.3. The summed E-state index contributed by atoms with van der Waals surface area (Å²) in [6.07, 6.45) is 8.28. The third-order valence-electron chi connectivity index (χ3n) is 7.09. The average molecular weight is 385 g/mol. The first-order chi connectivity index (χ1) is 13.3. The molecule has 1 heterocycles. The van der Waals surface area contributed by atoms with E-state index in [0.29, 0.717) is 23.4 Å². The minimum atomic E-state index is -0.147. The highest BCUT2D eigenvalue weighted by molar-refractivity contribution is 5.82. The second-order valence-corrected chi connectivity index (χ2v) is 10.6. The number of benzene rings is 1. The summed E-state index contributed by atoms with van der Waals surface area (Å²) in [5, 5.41) is 6.86. The predicted octanol–water partition coefficient (Wildman–Crippen LogP) is 5.17.